The second-order valence-corrected chi connectivity index (χ2v) is 0. The Morgan fingerprint density at radius 2 is 0.545 bits per heavy atom. The molecule has 8 nitrogen and oxygen atoms in total. The number of hydrogen-bond donors (Lipinski definition) is 4. The van der Waals surface area contributed by atoms with E-state index in [1.807, 2.05) is 0 Å². The van der Waals surface area contributed by atoms with Gasteiger partial charge in [0, 0.05) is 0 Å². The van der Waals surface area contributed by atoms with Gasteiger partial charge < -0.3 is 21.9 Å². The van der Waals surface area contributed by atoms with Crippen LogP contribution in [0.25, 0.3) is 0 Å². The molecule has 0 saturated carbocycles. The van der Waals surface area contributed by atoms with Crippen molar-refractivity contribution in [3.8, 4) is 0 Å². The van der Waals surface area contributed by atoms with Crippen LogP contribution in [0.4, 0.5) is 0 Å². The maximum atomic E-state index is 6.00. The molecular weight excluding hydrogens is 296 g/mol. The van der Waals surface area contributed by atoms with Crippen LogP contribution in [0.15, 0.2) is 0 Å². The summed E-state index contributed by atoms with van der Waals surface area (Å²) in [5.74, 6) is 0. The van der Waals surface area contributed by atoms with Crippen LogP contribution >= 0.6 is 0 Å². The van der Waals surface area contributed by atoms with Gasteiger partial charge in [-0.3, -0.25) is 21.0 Å². The van der Waals surface area contributed by atoms with E-state index < -0.39 is 0 Å². The first-order valence-corrected chi connectivity index (χ1v) is 0.400. The number of rotatable bonds is 0. The van der Waals surface area contributed by atoms with Crippen LogP contribution in [-0.2, 0) is 51.2 Å². The summed E-state index contributed by atoms with van der Waals surface area (Å²) in [6.45, 7) is 0. The molecule has 0 amide bonds. The summed E-state index contributed by atoms with van der Waals surface area (Å²) < 4.78 is 0. The molecule has 0 aromatic rings. The Labute approximate surface area is 94.1 Å². The van der Waals surface area contributed by atoms with E-state index in [1.54, 1.807) is 0 Å². The first-order valence-electron chi connectivity index (χ1n) is 0.400. The van der Waals surface area contributed by atoms with Gasteiger partial charge in [0.05, 0.1) is 0 Å². The third kappa shape index (κ3) is 625. The fraction of sp³-hybridized carbons (Fsp3) is 0. The monoisotopic (exact) mass is 305 g/mol. The fourth-order valence-corrected chi connectivity index (χ4v) is 0. The summed E-state index contributed by atoms with van der Waals surface area (Å²) in [5.41, 5.74) is 0. The smallest absolute Gasteiger partial charge is 0.870 e. The summed E-state index contributed by atoms with van der Waals surface area (Å²) in [4.78, 5) is 0. The second-order valence-electron chi connectivity index (χ2n) is 0. The van der Waals surface area contributed by atoms with Gasteiger partial charge in [-0.25, -0.2) is 0 Å². The predicted octanol–water partition coefficient (Wildman–Crippen LogP) is -1.33. The van der Waals surface area contributed by atoms with Crippen LogP contribution in [0.5, 0.6) is 0 Å². The SMILES string of the molecule is O.OO.OO.[Fe+2].[Fe+2].[Fe+3].[OH-].[OH-].[OH-]. The molecule has 0 bridgehead atoms. The molecule has 9 N–H and O–H groups in total. The van der Waals surface area contributed by atoms with Crippen LogP contribution in [-0.4, -0.2) is 42.9 Å². The summed E-state index contributed by atoms with van der Waals surface area (Å²) in [5, 5.41) is 24.0. The Morgan fingerprint density at radius 3 is 0.545 bits per heavy atom. The molecule has 11 heavy (non-hydrogen) atoms. The van der Waals surface area contributed by atoms with Gasteiger partial charge >= 0.3 is 51.2 Å². The number of hydrogen-bond acceptors (Lipinski definition) is 7. The van der Waals surface area contributed by atoms with Crippen LogP contribution in [0.2, 0.25) is 0 Å². The average molecular weight is 305 g/mol. The Kier molecular flexibility index (Phi) is 10300. The first kappa shape index (κ1) is 147. The quantitative estimate of drug-likeness (QED) is 0.241. The first-order chi connectivity index (χ1) is 2.00. The minimum absolute atomic E-state index is 0. The van der Waals surface area contributed by atoms with Crippen molar-refractivity contribution in [1.82, 2.24) is 0 Å². The van der Waals surface area contributed by atoms with Crippen molar-refractivity contribution in [2.45, 2.75) is 0 Å². The average Bonchev–Trinajstić information content (AvgIpc) is 1.50. The van der Waals surface area contributed by atoms with Gasteiger partial charge in [0.2, 0.25) is 0 Å². The molecule has 11 heteroatoms. The molecule has 0 spiro atoms. The van der Waals surface area contributed by atoms with E-state index >= 15 is 0 Å². The fourth-order valence-electron chi connectivity index (χ4n) is 0. The minimum atomic E-state index is 0. The van der Waals surface area contributed by atoms with Gasteiger partial charge in [-0.1, -0.05) is 0 Å². The maximum absolute atomic E-state index is 6.00. The van der Waals surface area contributed by atoms with E-state index in [4.69, 9.17) is 21.0 Å². The second kappa shape index (κ2) is 768. The molecule has 0 aliphatic rings. The zero-order valence-electron chi connectivity index (χ0n) is 4.69. The van der Waals surface area contributed by atoms with E-state index in [9.17, 15) is 0 Å². The summed E-state index contributed by atoms with van der Waals surface area (Å²) in [6.07, 6.45) is 0. The van der Waals surface area contributed by atoms with Gasteiger partial charge in [-0.05, 0) is 0 Å². The molecule has 0 unspecified atom stereocenters. The molecule has 0 aromatic carbocycles. The van der Waals surface area contributed by atoms with E-state index in [-0.39, 0.29) is 73.1 Å². The molecular formula is H9Fe3O8+4. The molecule has 0 rings (SSSR count). The standard InChI is InChI=1S/3Fe.2H2O2.4H2O/c;;;2*1-2;;;;/h;;;2*1-2H;4*1H2/q2*+2;+3;;;;;;/p-3. The Bertz CT molecular complexity index is 9.30. The molecule has 1 radical (unpaired) electrons. The summed E-state index contributed by atoms with van der Waals surface area (Å²) >= 11 is 0. The van der Waals surface area contributed by atoms with Crippen molar-refractivity contribution < 1.29 is 94.1 Å². The van der Waals surface area contributed by atoms with Crippen molar-refractivity contribution in [3.63, 3.8) is 0 Å². The van der Waals surface area contributed by atoms with Gasteiger partial charge in [0.15, 0.2) is 0 Å². The molecule has 77 valence electrons. The molecule has 0 atom stereocenters. The van der Waals surface area contributed by atoms with Gasteiger partial charge in [-0.2, -0.15) is 0 Å². The Balaban J connectivity index is -0.000000000635. The zero-order valence-corrected chi connectivity index (χ0v) is 8.00. The Morgan fingerprint density at radius 1 is 0.545 bits per heavy atom. The molecule has 0 fully saturated rings. The predicted molar refractivity (Wildman–Crippen MR) is 19.9 cm³/mol. The van der Waals surface area contributed by atoms with Crippen molar-refractivity contribution in [1.29, 1.82) is 0 Å². The van der Waals surface area contributed by atoms with E-state index in [0.29, 0.717) is 0 Å². The van der Waals surface area contributed by atoms with Crippen molar-refractivity contribution in [3.05, 3.63) is 0 Å². The zero-order chi connectivity index (χ0) is 4.00. The van der Waals surface area contributed by atoms with E-state index in [1.165, 1.54) is 0 Å². The van der Waals surface area contributed by atoms with Crippen molar-refractivity contribution in [2.75, 3.05) is 0 Å². The van der Waals surface area contributed by atoms with E-state index in [2.05, 4.69) is 0 Å². The molecule has 0 heterocycles. The Hall–Kier alpha value is 1.24. The molecule has 0 saturated heterocycles. The van der Waals surface area contributed by atoms with Crippen molar-refractivity contribution >= 4 is 0 Å². The molecule has 0 aromatic heterocycles. The topological polar surface area (TPSA) is 202 Å². The minimum Gasteiger partial charge on any atom is -0.870 e. The molecule has 0 aliphatic carbocycles. The summed E-state index contributed by atoms with van der Waals surface area (Å²) in [6, 6.07) is 0. The van der Waals surface area contributed by atoms with Crippen LogP contribution in [0.3, 0.4) is 0 Å². The third-order valence-corrected chi connectivity index (χ3v) is 0. The third-order valence-electron chi connectivity index (χ3n) is 0. The van der Waals surface area contributed by atoms with Gasteiger partial charge in [0.25, 0.3) is 0 Å². The summed E-state index contributed by atoms with van der Waals surface area (Å²) in [7, 11) is 0. The maximum Gasteiger partial charge on any atom is 3.00 e. The van der Waals surface area contributed by atoms with Gasteiger partial charge in [0.1, 0.15) is 0 Å². The normalized spacial score (nSPS) is 1.09. The van der Waals surface area contributed by atoms with Crippen LogP contribution < -0.4 is 0 Å². The van der Waals surface area contributed by atoms with Crippen LogP contribution in [0.1, 0.15) is 0 Å². The van der Waals surface area contributed by atoms with Crippen LogP contribution in [0, 0.1) is 0 Å². The largest absolute Gasteiger partial charge is 3.00 e. The van der Waals surface area contributed by atoms with Gasteiger partial charge in [-0.15, -0.1) is 0 Å². The molecule has 0 aliphatic heterocycles. The van der Waals surface area contributed by atoms with Crippen molar-refractivity contribution in [2.24, 2.45) is 0 Å². The van der Waals surface area contributed by atoms with E-state index in [0.717, 1.165) is 0 Å².